The molecular weight excluding hydrogens is 389 g/mol. The third-order valence-corrected chi connectivity index (χ3v) is 3.97. The molecule has 2 aromatic carbocycles. The number of ether oxygens (including phenoxy) is 1. The Kier molecular flexibility index (Phi) is 5.83. The van der Waals surface area contributed by atoms with Crippen LogP contribution in [0.25, 0.3) is 0 Å². The maximum Gasteiger partial charge on any atom is 0.265 e. The van der Waals surface area contributed by atoms with Crippen LogP contribution >= 0.6 is 22.6 Å². The van der Waals surface area contributed by atoms with Crippen LogP contribution in [0.1, 0.15) is 24.5 Å². The summed E-state index contributed by atoms with van der Waals surface area (Å²) in [6, 6.07) is 13.7. The van der Waals surface area contributed by atoms with Gasteiger partial charge in [-0.25, -0.2) is 0 Å². The molecule has 2 rings (SSSR count). The molecule has 22 heavy (non-hydrogen) atoms. The van der Waals surface area contributed by atoms with Gasteiger partial charge in [-0.15, -0.1) is 0 Å². The number of amides is 1. The first-order valence-corrected chi connectivity index (χ1v) is 8.37. The van der Waals surface area contributed by atoms with Crippen molar-refractivity contribution in [2.45, 2.75) is 33.3 Å². The second-order valence-corrected chi connectivity index (χ2v) is 6.58. The molecule has 0 fully saturated rings. The Morgan fingerprint density at radius 1 is 1.14 bits per heavy atom. The Morgan fingerprint density at radius 3 is 2.27 bits per heavy atom. The number of hydrogen-bond acceptors (Lipinski definition) is 2. The number of hydrogen-bond donors (Lipinski definition) is 1. The molecule has 0 aliphatic heterocycles. The minimum absolute atomic E-state index is 0.122. The number of nitrogens with one attached hydrogen (secondary N) is 1. The molecule has 1 amide bonds. The van der Waals surface area contributed by atoms with E-state index >= 15 is 0 Å². The van der Waals surface area contributed by atoms with Gasteiger partial charge >= 0.3 is 0 Å². The highest BCUT2D eigenvalue weighted by molar-refractivity contribution is 14.1. The number of anilines is 1. The molecule has 0 unspecified atom stereocenters. The van der Waals surface area contributed by atoms with Gasteiger partial charge in [0.15, 0.2) is 6.10 Å². The van der Waals surface area contributed by atoms with Crippen LogP contribution in [0.4, 0.5) is 5.69 Å². The van der Waals surface area contributed by atoms with E-state index < -0.39 is 6.10 Å². The van der Waals surface area contributed by atoms with E-state index in [9.17, 15) is 4.79 Å². The Balaban J connectivity index is 2.06. The lowest BCUT2D eigenvalue weighted by Crippen LogP contribution is -2.32. The molecule has 0 bridgehead atoms. The zero-order valence-electron chi connectivity index (χ0n) is 13.0. The number of halogens is 1. The highest BCUT2D eigenvalue weighted by atomic mass is 127. The van der Waals surface area contributed by atoms with Gasteiger partial charge in [-0.2, -0.15) is 0 Å². The fraction of sp³-hybridized carbons (Fsp3) is 0.278. The first-order valence-electron chi connectivity index (χ1n) is 7.29. The van der Waals surface area contributed by atoms with Gasteiger partial charge in [0.05, 0.1) is 0 Å². The quantitative estimate of drug-likeness (QED) is 0.727. The lowest BCUT2D eigenvalue weighted by Gasteiger charge is -2.18. The van der Waals surface area contributed by atoms with Crippen molar-refractivity contribution in [1.29, 1.82) is 0 Å². The average Bonchev–Trinajstić information content (AvgIpc) is 2.46. The predicted molar refractivity (Wildman–Crippen MR) is 98.4 cm³/mol. The third kappa shape index (κ3) is 4.73. The largest absolute Gasteiger partial charge is 0.481 e. The van der Waals surface area contributed by atoms with Crippen LogP contribution in [0.3, 0.4) is 0 Å². The monoisotopic (exact) mass is 409 g/mol. The van der Waals surface area contributed by atoms with Crippen molar-refractivity contribution in [3.05, 3.63) is 57.2 Å². The van der Waals surface area contributed by atoms with Gasteiger partial charge in [-0.3, -0.25) is 4.79 Å². The number of aryl methyl sites for hydroxylation is 2. The Hall–Kier alpha value is -1.56. The summed E-state index contributed by atoms with van der Waals surface area (Å²) in [5.74, 6) is 0.616. The summed E-state index contributed by atoms with van der Waals surface area (Å²) in [7, 11) is 0. The van der Waals surface area contributed by atoms with Gasteiger partial charge in [0, 0.05) is 9.26 Å². The van der Waals surface area contributed by atoms with Crippen LogP contribution in [0.15, 0.2) is 42.5 Å². The molecular formula is C18H20INO2. The van der Waals surface area contributed by atoms with E-state index in [2.05, 4.69) is 34.0 Å². The number of carbonyl (C=O) groups is 1. The SMILES string of the molecule is CC[C@H](Oc1cc(C)cc(C)c1)C(=O)Nc1ccc(I)cc1. The molecule has 0 aromatic heterocycles. The summed E-state index contributed by atoms with van der Waals surface area (Å²) >= 11 is 2.23. The van der Waals surface area contributed by atoms with Crippen molar-refractivity contribution in [3.63, 3.8) is 0 Å². The standard InChI is InChI=1S/C18H20INO2/c1-4-17(22-16-10-12(2)9-13(3)11-16)18(21)20-15-7-5-14(19)6-8-15/h5-11,17H,4H2,1-3H3,(H,20,21)/t17-/m0/s1. The summed E-state index contributed by atoms with van der Waals surface area (Å²) in [6.45, 7) is 5.99. The van der Waals surface area contributed by atoms with Crippen LogP contribution < -0.4 is 10.1 Å². The first kappa shape index (κ1) is 16.8. The zero-order valence-corrected chi connectivity index (χ0v) is 15.2. The van der Waals surface area contributed by atoms with Crippen LogP contribution in [-0.2, 0) is 4.79 Å². The van der Waals surface area contributed by atoms with Gasteiger partial charge in [-0.05, 0) is 90.4 Å². The van der Waals surface area contributed by atoms with E-state index in [1.807, 2.05) is 57.2 Å². The maximum atomic E-state index is 12.4. The van der Waals surface area contributed by atoms with Crippen molar-refractivity contribution in [2.24, 2.45) is 0 Å². The summed E-state index contributed by atoms with van der Waals surface area (Å²) in [5.41, 5.74) is 3.04. The normalized spacial score (nSPS) is 11.8. The topological polar surface area (TPSA) is 38.3 Å². The molecule has 0 saturated carbocycles. The molecule has 0 spiro atoms. The van der Waals surface area contributed by atoms with Crippen molar-refractivity contribution in [2.75, 3.05) is 5.32 Å². The van der Waals surface area contributed by atoms with E-state index in [0.29, 0.717) is 6.42 Å². The van der Waals surface area contributed by atoms with E-state index in [1.54, 1.807) is 0 Å². The molecule has 0 aliphatic rings. The van der Waals surface area contributed by atoms with E-state index in [1.165, 1.54) is 0 Å². The Bertz CT molecular complexity index is 632. The first-order chi connectivity index (χ1) is 10.5. The van der Waals surface area contributed by atoms with Gasteiger partial charge in [0.2, 0.25) is 0 Å². The van der Waals surface area contributed by atoms with Gasteiger partial charge in [0.25, 0.3) is 5.91 Å². The maximum absolute atomic E-state index is 12.4. The molecule has 2 aromatic rings. The molecule has 116 valence electrons. The van der Waals surface area contributed by atoms with Gasteiger partial charge in [-0.1, -0.05) is 13.0 Å². The van der Waals surface area contributed by atoms with E-state index in [4.69, 9.17) is 4.74 Å². The second-order valence-electron chi connectivity index (χ2n) is 5.33. The molecule has 4 heteroatoms. The van der Waals surface area contributed by atoms with Crippen molar-refractivity contribution in [1.82, 2.24) is 0 Å². The van der Waals surface area contributed by atoms with Crippen LogP contribution in [0.5, 0.6) is 5.75 Å². The molecule has 0 saturated heterocycles. The summed E-state index contributed by atoms with van der Waals surface area (Å²) in [4.78, 5) is 12.4. The molecule has 3 nitrogen and oxygen atoms in total. The number of rotatable bonds is 5. The minimum atomic E-state index is -0.500. The number of benzene rings is 2. The van der Waals surface area contributed by atoms with Crippen molar-refractivity contribution < 1.29 is 9.53 Å². The molecule has 0 radical (unpaired) electrons. The van der Waals surface area contributed by atoms with Crippen LogP contribution in [-0.4, -0.2) is 12.0 Å². The minimum Gasteiger partial charge on any atom is -0.481 e. The number of carbonyl (C=O) groups excluding carboxylic acids is 1. The Morgan fingerprint density at radius 2 is 1.73 bits per heavy atom. The summed E-state index contributed by atoms with van der Waals surface area (Å²) < 4.78 is 7.00. The lowest BCUT2D eigenvalue weighted by atomic mass is 10.1. The van der Waals surface area contributed by atoms with Crippen LogP contribution in [0.2, 0.25) is 0 Å². The third-order valence-electron chi connectivity index (χ3n) is 3.25. The fourth-order valence-electron chi connectivity index (χ4n) is 2.24. The van der Waals surface area contributed by atoms with Crippen molar-refractivity contribution in [3.8, 4) is 5.75 Å². The highest BCUT2D eigenvalue weighted by Crippen LogP contribution is 2.19. The Labute approximate surface area is 145 Å². The lowest BCUT2D eigenvalue weighted by molar-refractivity contribution is -0.122. The summed E-state index contributed by atoms with van der Waals surface area (Å²) in [5, 5.41) is 2.90. The van der Waals surface area contributed by atoms with E-state index in [0.717, 1.165) is 26.1 Å². The molecule has 1 N–H and O–H groups in total. The van der Waals surface area contributed by atoms with Crippen LogP contribution in [0, 0.1) is 17.4 Å². The van der Waals surface area contributed by atoms with Crippen molar-refractivity contribution >= 4 is 34.2 Å². The van der Waals surface area contributed by atoms with E-state index in [-0.39, 0.29) is 5.91 Å². The van der Waals surface area contributed by atoms with Gasteiger partial charge < -0.3 is 10.1 Å². The molecule has 0 aliphatic carbocycles. The zero-order chi connectivity index (χ0) is 16.1. The molecule has 1 atom stereocenters. The highest BCUT2D eigenvalue weighted by Gasteiger charge is 2.18. The average molecular weight is 409 g/mol. The summed E-state index contributed by atoms with van der Waals surface area (Å²) in [6.07, 6.45) is 0.115. The van der Waals surface area contributed by atoms with Gasteiger partial charge in [0.1, 0.15) is 5.75 Å². The second kappa shape index (κ2) is 7.63. The smallest absolute Gasteiger partial charge is 0.265 e. The predicted octanol–water partition coefficient (Wildman–Crippen LogP) is 4.70. The fourth-order valence-corrected chi connectivity index (χ4v) is 2.60. The molecule has 0 heterocycles.